The Kier molecular flexibility index (Phi) is 16.4. The van der Waals surface area contributed by atoms with E-state index in [-0.39, 0.29) is 26.0 Å². The molecular weight excluding hydrogens is 1040 g/mol. The number of aryl methyl sites for hydroxylation is 2. The number of pyridine rings is 2. The van der Waals surface area contributed by atoms with Crippen LogP contribution in [-0.2, 0) is 9.59 Å². The number of methoxy groups -OCH3 is 2. The third-order valence-electron chi connectivity index (χ3n) is 11.9. The van der Waals surface area contributed by atoms with Crippen molar-refractivity contribution in [2.75, 3.05) is 76.4 Å². The van der Waals surface area contributed by atoms with Crippen LogP contribution in [0.1, 0.15) is 47.2 Å². The van der Waals surface area contributed by atoms with Crippen LogP contribution in [0.15, 0.2) is 60.6 Å². The number of carbonyl (C=O) groups is 4. The van der Waals surface area contributed by atoms with Gasteiger partial charge in [-0.2, -0.15) is 30.8 Å². The van der Waals surface area contributed by atoms with Gasteiger partial charge in [0.15, 0.2) is 34.7 Å². The van der Waals surface area contributed by atoms with Crippen molar-refractivity contribution in [3.05, 3.63) is 83.4 Å². The Morgan fingerprint density at radius 1 is 0.597 bits per heavy atom. The fraction of sp³-hybridized carbons (Fsp3) is 0.304. The average molecular weight is 1090 g/mol. The molecule has 400 valence electrons. The monoisotopic (exact) mass is 1090 g/mol. The molecule has 2 fully saturated rings. The zero-order valence-corrected chi connectivity index (χ0v) is 41.9. The van der Waals surface area contributed by atoms with E-state index in [2.05, 4.69) is 91.1 Å². The summed E-state index contributed by atoms with van der Waals surface area (Å²) in [5.74, 6) is 0.434. The van der Waals surface area contributed by atoms with Gasteiger partial charge in [-0.15, -0.1) is 32.9 Å². The number of piperazine rings is 2. The maximum atomic E-state index is 13.4. The zero-order chi connectivity index (χ0) is 52.2. The molecule has 0 radical (unpaired) electrons. The van der Waals surface area contributed by atoms with Crippen LogP contribution in [0, 0.1) is 13.8 Å². The maximum Gasteiger partial charge on any atom is 0.377 e. The number of anilines is 2. The largest absolute Gasteiger partial charge is 0.494 e. The van der Waals surface area contributed by atoms with Crippen LogP contribution in [0.5, 0.6) is 11.5 Å². The Labute approximate surface area is 445 Å². The third-order valence-corrected chi connectivity index (χ3v) is 13.4. The number of thiazole rings is 2. The summed E-state index contributed by atoms with van der Waals surface area (Å²) in [6, 6.07) is 0. The summed E-state index contributed by atoms with van der Waals surface area (Å²) in [6.45, 7) is 9.12. The smallest absolute Gasteiger partial charge is 0.377 e. The van der Waals surface area contributed by atoms with Gasteiger partial charge in [-0.25, -0.2) is 44.1 Å². The minimum atomic E-state index is -1.54. The van der Waals surface area contributed by atoms with Crippen molar-refractivity contribution in [3.8, 4) is 44.5 Å². The van der Waals surface area contributed by atoms with Crippen LogP contribution < -0.4 is 24.6 Å². The molecular formula is C46H52N22O7S2. The number of Topliss-reactive ketones (excluding diaryl/α,β-unsaturated/α-hetero) is 2. The van der Waals surface area contributed by atoms with Crippen LogP contribution in [0.2, 0.25) is 0 Å². The second-order valence-electron chi connectivity index (χ2n) is 16.3. The summed E-state index contributed by atoms with van der Waals surface area (Å²) in [5, 5.41) is 49.3. The van der Waals surface area contributed by atoms with Crippen molar-refractivity contribution in [1.29, 1.82) is 0 Å². The number of carboxylic acid groups (broad SMARTS) is 1. The first-order valence-electron chi connectivity index (χ1n) is 22.8. The van der Waals surface area contributed by atoms with E-state index < -0.39 is 23.4 Å². The van der Waals surface area contributed by atoms with Crippen molar-refractivity contribution < 1.29 is 33.8 Å². The molecule has 0 aromatic carbocycles. The summed E-state index contributed by atoms with van der Waals surface area (Å²) in [7, 11) is 2.90. The molecule has 0 atom stereocenters. The van der Waals surface area contributed by atoms with E-state index in [1.54, 1.807) is 42.5 Å². The van der Waals surface area contributed by atoms with Gasteiger partial charge in [0.2, 0.25) is 0 Å². The van der Waals surface area contributed by atoms with Crippen LogP contribution in [0.3, 0.4) is 0 Å². The number of ether oxygens (including phenoxy) is 2. The highest BCUT2D eigenvalue weighted by atomic mass is 32.1. The topological polar surface area (TPSA) is 356 Å². The third kappa shape index (κ3) is 10.8. The van der Waals surface area contributed by atoms with Gasteiger partial charge >= 0.3 is 5.97 Å². The molecule has 10 aromatic rings. The lowest BCUT2D eigenvalue weighted by atomic mass is 10.1. The summed E-state index contributed by atoms with van der Waals surface area (Å²) in [5.41, 5.74) is 2.70. The lowest BCUT2D eigenvalue weighted by molar-refractivity contribution is -0.131. The van der Waals surface area contributed by atoms with E-state index >= 15 is 0 Å². The Balaban J connectivity index is 0.000000166. The van der Waals surface area contributed by atoms with Crippen LogP contribution >= 0.6 is 22.7 Å². The fourth-order valence-corrected chi connectivity index (χ4v) is 9.59. The van der Waals surface area contributed by atoms with E-state index in [0.29, 0.717) is 94.3 Å². The molecule has 2 aliphatic heterocycles. The quantitative estimate of drug-likeness (QED) is 0.0752. The second kappa shape index (κ2) is 23.5. The van der Waals surface area contributed by atoms with E-state index in [9.17, 15) is 19.2 Å². The highest BCUT2D eigenvalue weighted by Gasteiger charge is 2.32. The minimum absolute atomic E-state index is 0. The molecule has 77 heavy (non-hydrogen) atoms. The van der Waals surface area contributed by atoms with Crippen molar-refractivity contribution in [1.82, 2.24) is 100 Å². The predicted molar refractivity (Wildman–Crippen MR) is 283 cm³/mol. The van der Waals surface area contributed by atoms with Gasteiger partial charge in [-0.1, -0.05) is 14.9 Å². The number of aromatic amines is 4. The number of hydrogen-bond acceptors (Lipinski definition) is 23. The van der Waals surface area contributed by atoms with Gasteiger partial charge in [0.25, 0.3) is 17.5 Å². The number of carboxylic acids is 1. The summed E-state index contributed by atoms with van der Waals surface area (Å²) in [4.78, 5) is 86.5. The van der Waals surface area contributed by atoms with E-state index in [0.717, 1.165) is 47.7 Å². The van der Waals surface area contributed by atoms with Crippen LogP contribution in [0.25, 0.3) is 54.8 Å². The predicted octanol–water partition coefficient (Wildman–Crippen LogP) is 3.57. The second-order valence-corrected chi connectivity index (χ2v) is 18.1. The number of amides is 1. The van der Waals surface area contributed by atoms with E-state index in [1.165, 1.54) is 72.4 Å². The summed E-state index contributed by atoms with van der Waals surface area (Å²) >= 11 is 3.06. The number of hydrogen-bond donors (Lipinski definition) is 6. The molecule has 0 saturated carbocycles. The lowest BCUT2D eigenvalue weighted by Crippen LogP contribution is -2.50. The Morgan fingerprint density at radius 2 is 1.06 bits per heavy atom. The Hall–Kier alpha value is -9.36. The van der Waals surface area contributed by atoms with Gasteiger partial charge in [0.05, 0.1) is 59.5 Å². The minimum Gasteiger partial charge on any atom is -0.494 e. The van der Waals surface area contributed by atoms with E-state index in [1.807, 2.05) is 15.7 Å². The number of aromatic nitrogens is 18. The molecule has 0 bridgehead atoms. The number of nitrogens with zero attached hydrogens (tertiary/aromatic N) is 17. The molecule has 0 spiro atoms. The standard InChI is InChI=1S/C22H21N11O3S.C13H11N5O4.C9H12N6S.2CH4/c1-12-26-11-33(29-12)19-16-15(14(36-2)10-25-19)13(9-24-16)18(34)22(35)32-6-4-31(5-7-32)20-17(27-30-28-20)21-23-3-8-37-21;1-6-16-5-18(17-6)12-10-9(8(22-2)4-15-12)7(3-14-10)11(19)13(20)21;1-4-15(5-2-10-1)8-7(12-14-13-8)9-11-3-6-16-9;;/h3,8-11,24H,4-7H2,1-2H3,(H,27,28,30);3-5,14H,1-2H3,(H,20,21);3,6,10H,1-2,4-5H2,(H,12,13,14);2*1H4. The van der Waals surface area contributed by atoms with Crippen molar-refractivity contribution in [3.63, 3.8) is 0 Å². The molecule has 0 aliphatic carbocycles. The van der Waals surface area contributed by atoms with Crippen LogP contribution in [-0.4, -0.2) is 190 Å². The highest BCUT2D eigenvalue weighted by Crippen LogP contribution is 2.34. The molecule has 0 unspecified atom stereocenters. The molecule has 10 aromatic heterocycles. The summed E-state index contributed by atoms with van der Waals surface area (Å²) in [6.07, 6.45) is 12.2. The molecule has 12 rings (SSSR count). The zero-order valence-electron chi connectivity index (χ0n) is 40.2. The highest BCUT2D eigenvalue weighted by molar-refractivity contribution is 7.13. The lowest BCUT2D eigenvalue weighted by Gasteiger charge is -2.34. The first-order valence-corrected chi connectivity index (χ1v) is 24.6. The number of ketones is 2. The number of fused-ring (bicyclic) bond motifs is 2. The fourth-order valence-electron chi connectivity index (χ4n) is 8.35. The molecule has 2 aliphatic rings. The summed E-state index contributed by atoms with van der Waals surface area (Å²) < 4.78 is 13.6. The molecule has 29 nitrogen and oxygen atoms in total. The first-order chi connectivity index (χ1) is 36.5. The van der Waals surface area contributed by atoms with Crippen LogP contribution in [0.4, 0.5) is 11.6 Å². The maximum absolute atomic E-state index is 13.4. The van der Waals surface area contributed by atoms with Gasteiger partial charge < -0.3 is 44.6 Å². The van der Waals surface area contributed by atoms with Gasteiger partial charge in [0, 0.05) is 87.9 Å². The SMILES string of the molecule is C.C.COc1cnc(-n2cnc(C)n2)c2[nH]cc(C(=O)C(=O)N3CCN(c4n[nH]nc4-c4nccs4)CC3)c12.COc1cnc(-n2cnc(C)n2)c2[nH]cc(C(=O)C(=O)O)c12.c1csc(-c2n[nH]nc2N2CCNCC2)n1. The molecule has 1 amide bonds. The number of rotatable bonds is 12. The number of H-pyrrole nitrogens is 4. The molecule has 12 heterocycles. The van der Waals surface area contributed by atoms with Crippen molar-refractivity contribution in [2.24, 2.45) is 0 Å². The number of carbonyl (C=O) groups excluding carboxylic acids is 3. The van der Waals surface area contributed by atoms with Gasteiger partial charge in [-0.3, -0.25) is 14.4 Å². The van der Waals surface area contributed by atoms with Crippen molar-refractivity contribution in [2.45, 2.75) is 28.7 Å². The Morgan fingerprint density at radius 3 is 1.48 bits per heavy atom. The normalized spacial score (nSPS) is 13.2. The Bertz CT molecular complexity index is 3640. The average Bonchev–Trinajstić information content (AvgIpc) is 4.29. The molecule has 6 N–H and O–H groups in total. The first kappa shape index (κ1) is 53.9. The van der Waals surface area contributed by atoms with E-state index in [4.69, 9.17) is 14.6 Å². The molecule has 2 saturated heterocycles. The van der Waals surface area contributed by atoms with Gasteiger partial charge in [0.1, 0.15) is 45.8 Å². The molecule has 31 heteroatoms. The van der Waals surface area contributed by atoms with Crippen molar-refractivity contribution >= 4 is 79.6 Å². The number of nitrogens with one attached hydrogen (secondary N) is 5. The van der Waals surface area contributed by atoms with Gasteiger partial charge in [-0.05, 0) is 13.8 Å². The number of aliphatic carboxylic acids is 1.